The Morgan fingerprint density at radius 2 is 2.44 bits per heavy atom. The summed E-state index contributed by atoms with van der Waals surface area (Å²) in [5, 5.41) is 2.97. The summed E-state index contributed by atoms with van der Waals surface area (Å²) in [4.78, 5) is 4.86. The molecule has 0 amide bonds. The zero-order valence-corrected chi connectivity index (χ0v) is 5.39. The summed E-state index contributed by atoms with van der Waals surface area (Å²) in [5.41, 5.74) is 2.32. The third kappa shape index (κ3) is 0.929. The first-order chi connectivity index (χ1) is 4.36. The standard InChI is InChI=1S/C4H7ClN2O2/c5-4-6-2-1-8-7-3(2)9-4/h2-4,6-7H,1H2/t2?,3?,4-/m1/s1. The zero-order valence-electron chi connectivity index (χ0n) is 4.63. The number of hydrogen-bond acceptors (Lipinski definition) is 4. The minimum absolute atomic E-state index is 0.0625. The lowest BCUT2D eigenvalue weighted by molar-refractivity contribution is -0.0204. The molecule has 2 rings (SSSR count). The van der Waals surface area contributed by atoms with Crippen LogP contribution >= 0.6 is 11.6 Å². The van der Waals surface area contributed by atoms with Gasteiger partial charge < -0.3 is 4.74 Å². The van der Waals surface area contributed by atoms with Gasteiger partial charge in [0.05, 0.1) is 12.6 Å². The lowest BCUT2D eigenvalue weighted by Gasteiger charge is -2.03. The van der Waals surface area contributed by atoms with E-state index in [-0.39, 0.29) is 18.0 Å². The van der Waals surface area contributed by atoms with Crippen LogP contribution in [0.25, 0.3) is 0 Å². The number of hydrogen-bond donors (Lipinski definition) is 2. The quantitative estimate of drug-likeness (QED) is 0.356. The molecule has 0 spiro atoms. The molecule has 9 heavy (non-hydrogen) atoms. The van der Waals surface area contributed by atoms with Crippen LogP contribution in [-0.4, -0.2) is 24.6 Å². The van der Waals surface area contributed by atoms with Crippen molar-refractivity contribution in [3.8, 4) is 0 Å². The van der Waals surface area contributed by atoms with Crippen molar-refractivity contribution in [2.45, 2.75) is 18.0 Å². The van der Waals surface area contributed by atoms with Gasteiger partial charge in [0.25, 0.3) is 0 Å². The molecular weight excluding hydrogens is 144 g/mol. The molecule has 0 radical (unpaired) electrons. The summed E-state index contributed by atoms with van der Waals surface area (Å²) in [7, 11) is 0. The van der Waals surface area contributed by atoms with Gasteiger partial charge in [-0.1, -0.05) is 11.6 Å². The Labute approximate surface area is 57.4 Å². The molecule has 2 aliphatic heterocycles. The predicted octanol–water partition coefficient (Wildman–Crippen LogP) is -0.642. The fourth-order valence-corrected chi connectivity index (χ4v) is 1.26. The maximum Gasteiger partial charge on any atom is 0.187 e. The number of fused-ring (bicyclic) bond motifs is 1. The number of alkyl halides is 1. The van der Waals surface area contributed by atoms with Crippen LogP contribution in [0.5, 0.6) is 0 Å². The van der Waals surface area contributed by atoms with Gasteiger partial charge in [-0.25, -0.2) is 0 Å². The van der Waals surface area contributed by atoms with Crippen LogP contribution in [-0.2, 0) is 9.57 Å². The Kier molecular flexibility index (Phi) is 1.35. The van der Waals surface area contributed by atoms with Crippen LogP contribution in [0, 0.1) is 0 Å². The van der Waals surface area contributed by atoms with Crippen LogP contribution in [0.4, 0.5) is 0 Å². The molecule has 0 aliphatic carbocycles. The highest BCUT2D eigenvalue weighted by Gasteiger charge is 2.37. The van der Waals surface area contributed by atoms with Gasteiger partial charge in [0.2, 0.25) is 0 Å². The second-order valence-electron chi connectivity index (χ2n) is 2.07. The first-order valence-electron chi connectivity index (χ1n) is 2.79. The number of halogens is 1. The predicted molar refractivity (Wildman–Crippen MR) is 30.5 cm³/mol. The van der Waals surface area contributed by atoms with Crippen LogP contribution in [0.15, 0.2) is 0 Å². The summed E-state index contributed by atoms with van der Waals surface area (Å²) in [6, 6.07) is 0.215. The molecule has 2 N–H and O–H groups in total. The molecule has 0 aromatic carbocycles. The van der Waals surface area contributed by atoms with Crippen molar-refractivity contribution in [3.05, 3.63) is 0 Å². The average Bonchev–Trinajstić information content (AvgIpc) is 2.22. The summed E-state index contributed by atoms with van der Waals surface area (Å²) < 4.78 is 5.10. The minimum atomic E-state index is -0.364. The summed E-state index contributed by atoms with van der Waals surface area (Å²) in [6.45, 7) is 0.619. The van der Waals surface area contributed by atoms with Crippen molar-refractivity contribution in [3.63, 3.8) is 0 Å². The molecule has 2 unspecified atom stereocenters. The van der Waals surface area contributed by atoms with Gasteiger partial charge in [-0.3, -0.25) is 10.2 Å². The number of hydroxylamine groups is 1. The Hall–Kier alpha value is 0.130. The average molecular weight is 151 g/mol. The number of ether oxygens (including phenoxy) is 1. The van der Waals surface area contributed by atoms with Crippen LogP contribution < -0.4 is 10.8 Å². The van der Waals surface area contributed by atoms with Gasteiger partial charge in [-0.2, -0.15) is 5.48 Å². The zero-order chi connectivity index (χ0) is 6.27. The van der Waals surface area contributed by atoms with Gasteiger partial charge in [-0.15, -0.1) is 0 Å². The first kappa shape index (κ1) is 5.88. The van der Waals surface area contributed by atoms with E-state index in [9.17, 15) is 0 Å². The van der Waals surface area contributed by atoms with E-state index in [0.29, 0.717) is 6.61 Å². The van der Waals surface area contributed by atoms with Crippen LogP contribution in [0.3, 0.4) is 0 Å². The lowest BCUT2D eigenvalue weighted by Crippen LogP contribution is -2.32. The second kappa shape index (κ2) is 2.07. The Morgan fingerprint density at radius 3 is 3.22 bits per heavy atom. The molecular formula is C4H7ClN2O2. The summed E-state index contributed by atoms with van der Waals surface area (Å²) in [5.74, 6) is 0. The molecule has 5 heteroatoms. The molecule has 0 aromatic heterocycles. The van der Waals surface area contributed by atoms with E-state index in [2.05, 4.69) is 10.8 Å². The molecule has 2 fully saturated rings. The van der Waals surface area contributed by atoms with Crippen molar-refractivity contribution in [1.29, 1.82) is 0 Å². The molecule has 2 saturated heterocycles. The normalized spacial score (nSPS) is 49.7. The van der Waals surface area contributed by atoms with Crippen LogP contribution in [0.2, 0.25) is 0 Å². The summed E-state index contributed by atoms with van der Waals surface area (Å²) in [6.07, 6.45) is -0.0625. The van der Waals surface area contributed by atoms with Crippen molar-refractivity contribution >= 4 is 11.6 Å². The number of nitrogens with one attached hydrogen (secondary N) is 2. The van der Waals surface area contributed by atoms with E-state index in [4.69, 9.17) is 21.2 Å². The summed E-state index contributed by atoms with van der Waals surface area (Å²) >= 11 is 5.59. The SMILES string of the molecule is Cl[C@@H]1NC2CONC2O1. The van der Waals surface area contributed by atoms with Gasteiger partial charge >= 0.3 is 0 Å². The fourth-order valence-electron chi connectivity index (χ4n) is 0.984. The Balaban J connectivity index is 2.02. The van der Waals surface area contributed by atoms with E-state index >= 15 is 0 Å². The minimum Gasteiger partial charge on any atom is -0.327 e. The number of rotatable bonds is 0. The molecule has 0 saturated carbocycles. The topological polar surface area (TPSA) is 42.5 Å². The molecule has 0 bridgehead atoms. The van der Waals surface area contributed by atoms with E-state index in [0.717, 1.165) is 0 Å². The Bertz CT molecular complexity index is 111. The maximum atomic E-state index is 5.59. The molecule has 4 nitrogen and oxygen atoms in total. The van der Waals surface area contributed by atoms with Crippen LogP contribution in [0.1, 0.15) is 0 Å². The molecule has 2 aliphatic rings. The molecule has 0 aromatic rings. The van der Waals surface area contributed by atoms with Gasteiger partial charge in [0, 0.05) is 0 Å². The van der Waals surface area contributed by atoms with E-state index in [1.165, 1.54) is 0 Å². The van der Waals surface area contributed by atoms with Gasteiger partial charge in [-0.05, 0) is 0 Å². The lowest BCUT2D eigenvalue weighted by atomic mass is 10.3. The second-order valence-corrected chi connectivity index (χ2v) is 2.47. The third-order valence-corrected chi connectivity index (χ3v) is 1.67. The van der Waals surface area contributed by atoms with Gasteiger partial charge in [0.1, 0.15) is 0 Å². The highest BCUT2D eigenvalue weighted by atomic mass is 35.5. The van der Waals surface area contributed by atoms with Gasteiger partial charge in [0.15, 0.2) is 11.9 Å². The van der Waals surface area contributed by atoms with Crippen molar-refractivity contribution in [2.24, 2.45) is 0 Å². The van der Waals surface area contributed by atoms with Crippen molar-refractivity contribution in [2.75, 3.05) is 6.61 Å². The fraction of sp³-hybridized carbons (Fsp3) is 1.00. The highest BCUT2D eigenvalue weighted by Crippen LogP contribution is 2.16. The third-order valence-electron chi connectivity index (χ3n) is 1.44. The van der Waals surface area contributed by atoms with Crippen molar-refractivity contribution in [1.82, 2.24) is 10.8 Å². The smallest absolute Gasteiger partial charge is 0.187 e. The van der Waals surface area contributed by atoms with E-state index in [1.54, 1.807) is 0 Å². The van der Waals surface area contributed by atoms with Crippen molar-refractivity contribution < 1.29 is 9.57 Å². The Morgan fingerprint density at radius 1 is 1.56 bits per heavy atom. The largest absolute Gasteiger partial charge is 0.327 e. The molecule has 3 atom stereocenters. The first-order valence-corrected chi connectivity index (χ1v) is 3.23. The van der Waals surface area contributed by atoms with E-state index in [1.807, 2.05) is 0 Å². The van der Waals surface area contributed by atoms with E-state index < -0.39 is 0 Å². The monoisotopic (exact) mass is 150 g/mol. The molecule has 2 heterocycles. The molecule has 52 valence electrons. The maximum absolute atomic E-state index is 5.59. The highest BCUT2D eigenvalue weighted by molar-refractivity contribution is 6.19.